The summed E-state index contributed by atoms with van der Waals surface area (Å²) in [5.41, 5.74) is 0.998. The summed E-state index contributed by atoms with van der Waals surface area (Å²) in [6, 6.07) is 7.54. The van der Waals surface area contributed by atoms with Gasteiger partial charge in [0.25, 0.3) is 5.91 Å². The highest BCUT2D eigenvalue weighted by molar-refractivity contribution is 8.00. The van der Waals surface area contributed by atoms with Crippen LogP contribution >= 0.6 is 11.8 Å². The van der Waals surface area contributed by atoms with E-state index in [9.17, 15) is 14.0 Å². The molecule has 1 aromatic heterocycles. The summed E-state index contributed by atoms with van der Waals surface area (Å²) in [6.07, 6.45) is 2.95. The van der Waals surface area contributed by atoms with E-state index in [2.05, 4.69) is 10.3 Å². The monoisotopic (exact) mass is 445 g/mol. The van der Waals surface area contributed by atoms with Gasteiger partial charge in [0, 0.05) is 35.9 Å². The molecule has 0 spiro atoms. The maximum Gasteiger partial charge on any atom is 0.252 e. The number of carbonyl (C=O) groups is 2. The fraction of sp³-hybridized carbons (Fsp3) is 0.409. The number of aromatic nitrogens is 1. The van der Waals surface area contributed by atoms with E-state index in [1.54, 1.807) is 30.3 Å². The van der Waals surface area contributed by atoms with Gasteiger partial charge in [-0.2, -0.15) is 0 Å². The van der Waals surface area contributed by atoms with Gasteiger partial charge in [-0.3, -0.25) is 14.6 Å². The van der Waals surface area contributed by atoms with Gasteiger partial charge in [-0.05, 0) is 36.8 Å². The minimum atomic E-state index is -0.453. The van der Waals surface area contributed by atoms with Crippen LogP contribution in [0.25, 0.3) is 0 Å². The predicted octanol–water partition coefficient (Wildman–Crippen LogP) is 2.05. The number of ether oxygens (including phenoxy) is 2. The van der Waals surface area contributed by atoms with Crippen LogP contribution in [0.4, 0.5) is 4.39 Å². The van der Waals surface area contributed by atoms with Gasteiger partial charge in [-0.15, -0.1) is 11.8 Å². The lowest BCUT2D eigenvalue weighted by Crippen LogP contribution is -2.41. The predicted molar refractivity (Wildman–Crippen MR) is 113 cm³/mol. The molecule has 9 heteroatoms. The quantitative estimate of drug-likeness (QED) is 0.710. The zero-order valence-electron chi connectivity index (χ0n) is 17.1. The number of likely N-dealkylation sites (tertiary alicyclic amines) is 1. The number of amides is 2. The number of fused-ring (bicyclic) bond motifs is 1. The van der Waals surface area contributed by atoms with Gasteiger partial charge < -0.3 is 19.7 Å². The van der Waals surface area contributed by atoms with Gasteiger partial charge in [0.2, 0.25) is 5.91 Å². The highest BCUT2D eigenvalue weighted by Gasteiger charge is 2.39. The van der Waals surface area contributed by atoms with Gasteiger partial charge in [0.1, 0.15) is 18.0 Å². The Labute approximate surface area is 184 Å². The molecule has 2 aromatic rings. The van der Waals surface area contributed by atoms with Crippen LogP contribution in [0.1, 0.15) is 15.9 Å². The molecule has 2 aliphatic rings. The Hall–Kier alpha value is -2.49. The summed E-state index contributed by atoms with van der Waals surface area (Å²) in [7, 11) is 0. The molecule has 2 saturated heterocycles. The Morgan fingerprint density at radius 1 is 1.16 bits per heavy atom. The minimum Gasteiger partial charge on any atom is -0.371 e. The fourth-order valence-electron chi connectivity index (χ4n) is 3.65. The first kappa shape index (κ1) is 21.7. The number of pyridine rings is 1. The molecule has 2 amide bonds. The lowest BCUT2D eigenvalue weighted by molar-refractivity contribution is -0.128. The number of hydrogen-bond acceptors (Lipinski definition) is 6. The van der Waals surface area contributed by atoms with Crippen molar-refractivity contribution in [3.63, 3.8) is 0 Å². The summed E-state index contributed by atoms with van der Waals surface area (Å²) in [5.74, 6) is -0.431. The SMILES string of the molecule is Cc1ccc(F)cc1C(=O)NC1CO[C@H]2CN(C(=O)CSc3ccncc3)C[C@@H]2OC1. The van der Waals surface area contributed by atoms with Gasteiger partial charge in [-0.25, -0.2) is 4.39 Å². The second-order valence-electron chi connectivity index (χ2n) is 7.64. The molecule has 7 nitrogen and oxygen atoms in total. The molecule has 164 valence electrons. The number of nitrogens with one attached hydrogen (secondary N) is 1. The van der Waals surface area contributed by atoms with Crippen molar-refractivity contribution in [2.45, 2.75) is 30.1 Å². The molecule has 31 heavy (non-hydrogen) atoms. The Balaban J connectivity index is 1.27. The summed E-state index contributed by atoms with van der Waals surface area (Å²) >= 11 is 1.47. The largest absolute Gasteiger partial charge is 0.371 e. The normalized spacial score (nSPS) is 21.4. The highest BCUT2D eigenvalue weighted by Crippen LogP contribution is 2.23. The molecular formula is C22H24FN3O4S. The fourth-order valence-corrected chi connectivity index (χ4v) is 4.44. The number of carbonyl (C=O) groups excluding carboxylic acids is 2. The van der Waals surface area contributed by atoms with Gasteiger partial charge in [0.15, 0.2) is 0 Å². The van der Waals surface area contributed by atoms with Crippen molar-refractivity contribution in [3.05, 3.63) is 59.7 Å². The van der Waals surface area contributed by atoms with E-state index in [1.165, 1.54) is 23.9 Å². The van der Waals surface area contributed by atoms with Crippen LogP contribution < -0.4 is 5.32 Å². The average molecular weight is 446 g/mol. The number of rotatable bonds is 5. The molecule has 3 heterocycles. The van der Waals surface area contributed by atoms with E-state index >= 15 is 0 Å². The number of hydrogen-bond donors (Lipinski definition) is 1. The number of benzene rings is 1. The topological polar surface area (TPSA) is 80.8 Å². The van der Waals surface area contributed by atoms with Crippen LogP contribution in [0.5, 0.6) is 0 Å². The van der Waals surface area contributed by atoms with Gasteiger partial charge in [0.05, 0.1) is 25.0 Å². The van der Waals surface area contributed by atoms with Crippen molar-refractivity contribution in [2.75, 3.05) is 32.1 Å². The molecule has 0 unspecified atom stereocenters. The number of aryl methyl sites for hydroxylation is 1. The maximum absolute atomic E-state index is 13.5. The summed E-state index contributed by atoms with van der Waals surface area (Å²) in [4.78, 5) is 31.8. The van der Waals surface area contributed by atoms with Crippen molar-refractivity contribution in [1.82, 2.24) is 15.2 Å². The van der Waals surface area contributed by atoms with E-state index in [-0.39, 0.29) is 43.3 Å². The third kappa shape index (κ3) is 5.41. The molecule has 2 atom stereocenters. The smallest absolute Gasteiger partial charge is 0.252 e. The third-order valence-electron chi connectivity index (χ3n) is 5.38. The molecule has 0 bridgehead atoms. The van der Waals surface area contributed by atoms with Crippen molar-refractivity contribution >= 4 is 23.6 Å². The first-order valence-corrected chi connectivity index (χ1v) is 11.1. The van der Waals surface area contributed by atoms with Crippen LogP contribution in [0.15, 0.2) is 47.6 Å². The highest BCUT2D eigenvalue weighted by atomic mass is 32.2. The van der Waals surface area contributed by atoms with Crippen molar-refractivity contribution < 1.29 is 23.5 Å². The lowest BCUT2D eigenvalue weighted by atomic mass is 10.1. The molecule has 0 saturated carbocycles. The molecular weight excluding hydrogens is 421 g/mol. The second-order valence-corrected chi connectivity index (χ2v) is 8.69. The third-order valence-corrected chi connectivity index (χ3v) is 6.38. The molecule has 0 aliphatic carbocycles. The summed E-state index contributed by atoms with van der Waals surface area (Å²) < 4.78 is 25.4. The average Bonchev–Trinajstić information content (AvgIpc) is 3.10. The van der Waals surface area contributed by atoms with Crippen LogP contribution in [0.3, 0.4) is 0 Å². The summed E-state index contributed by atoms with van der Waals surface area (Å²) in [6.45, 7) is 3.23. The lowest BCUT2D eigenvalue weighted by Gasteiger charge is -2.19. The zero-order valence-corrected chi connectivity index (χ0v) is 17.9. The van der Waals surface area contributed by atoms with Crippen LogP contribution in [-0.4, -0.2) is 72.0 Å². The van der Waals surface area contributed by atoms with E-state index < -0.39 is 5.82 Å². The molecule has 1 N–H and O–H groups in total. The van der Waals surface area contributed by atoms with Crippen LogP contribution in [-0.2, 0) is 14.3 Å². The van der Waals surface area contributed by atoms with Crippen LogP contribution in [0.2, 0.25) is 0 Å². The van der Waals surface area contributed by atoms with E-state index in [0.29, 0.717) is 30.0 Å². The van der Waals surface area contributed by atoms with Crippen molar-refractivity contribution in [1.29, 1.82) is 0 Å². The zero-order chi connectivity index (χ0) is 21.8. The van der Waals surface area contributed by atoms with Gasteiger partial charge in [-0.1, -0.05) is 6.07 Å². The Kier molecular flexibility index (Phi) is 6.84. The second kappa shape index (κ2) is 9.76. The maximum atomic E-state index is 13.5. The standard InChI is InChI=1S/C22H24FN3O4S/c1-14-2-3-15(23)8-18(14)22(28)25-16-11-29-19-9-26(10-20(19)30-12-16)21(27)13-31-17-4-6-24-7-5-17/h2-8,16,19-20H,9-13H2,1H3,(H,25,28)/t19-,20-/m0/s1. The molecule has 2 aliphatic heterocycles. The first-order valence-electron chi connectivity index (χ1n) is 10.1. The van der Waals surface area contributed by atoms with Crippen molar-refractivity contribution in [3.8, 4) is 0 Å². The molecule has 2 fully saturated rings. The van der Waals surface area contributed by atoms with Crippen LogP contribution in [0, 0.1) is 12.7 Å². The molecule has 4 rings (SSSR count). The Bertz CT molecular complexity index is 930. The number of halogens is 1. The van der Waals surface area contributed by atoms with E-state index in [4.69, 9.17) is 9.47 Å². The Morgan fingerprint density at radius 2 is 1.84 bits per heavy atom. The minimum absolute atomic E-state index is 0.0357. The van der Waals surface area contributed by atoms with Gasteiger partial charge >= 0.3 is 0 Å². The summed E-state index contributed by atoms with van der Waals surface area (Å²) in [5, 5.41) is 2.86. The first-order chi connectivity index (χ1) is 15.0. The van der Waals surface area contributed by atoms with E-state index in [0.717, 1.165) is 4.90 Å². The van der Waals surface area contributed by atoms with Crippen molar-refractivity contribution in [2.24, 2.45) is 0 Å². The molecule has 0 radical (unpaired) electrons. The molecule has 1 aromatic carbocycles. The Morgan fingerprint density at radius 3 is 2.52 bits per heavy atom. The van der Waals surface area contributed by atoms with E-state index in [1.807, 2.05) is 12.1 Å². The number of thioether (sulfide) groups is 1. The number of nitrogens with zero attached hydrogens (tertiary/aromatic N) is 2.